The number of ketones is 1. The van der Waals surface area contributed by atoms with Gasteiger partial charge in [0.1, 0.15) is 0 Å². The van der Waals surface area contributed by atoms with Gasteiger partial charge in [0.2, 0.25) is 0 Å². The van der Waals surface area contributed by atoms with Crippen molar-refractivity contribution in [2.24, 2.45) is 16.5 Å². The summed E-state index contributed by atoms with van der Waals surface area (Å²) in [6.45, 7) is 0.242. The summed E-state index contributed by atoms with van der Waals surface area (Å²) in [5.41, 5.74) is 12.6. The van der Waals surface area contributed by atoms with Crippen LogP contribution in [0, 0.1) is 0 Å². The zero-order chi connectivity index (χ0) is 23.3. The Balaban J connectivity index is 1.88. The number of rotatable bonds is 6. The molecule has 0 amide bonds. The summed E-state index contributed by atoms with van der Waals surface area (Å²) in [5, 5.41) is 0. The Morgan fingerprint density at radius 1 is 1.19 bits per heavy atom. The van der Waals surface area contributed by atoms with Crippen LogP contribution in [-0.4, -0.2) is 43.0 Å². The second-order valence-electron chi connectivity index (χ2n) is 7.17. The fourth-order valence-corrected chi connectivity index (χ4v) is 3.82. The van der Waals surface area contributed by atoms with Gasteiger partial charge in [-0.15, -0.1) is 0 Å². The van der Waals surface area contributed by atoms with E-state index in [0.29, 0.717) is 29.7 Å². The molecule has 170 valence electrons. The molecule has 1 aliphatic rings. The molecule has 0 saturated carbocycles. The molecule has 0 radical (unpaired) electrons. The van der Waals surface area contributed by atoms with Crippen LogP contribution in [-0.2, 0) is 16.5 Å². The lowest BCUT2D eigenvalue weighted by Gasteiger charge is -2.18. The molecule has 11 heteroatoms. The minimum Gasteiger partial charge on any atom is -0.489 e. The van der Waals surface area contributed by atoms with Crippen molar-refractivity contribution in [2.75, 3.05) is 12.4 Å². The number of aliphatic imine (C=N–C) groups is 1. The Bertz CT molecular complexity index is 1170. The zero-order valence-electron chi connectivity index (χ0n) is 17.1. The Labute approximate surface area is 185 Å². The van der Waals surface area contributed by atoms with Crippen molar-refractivity contribution in [3.63, 3.8) is 0 Å². The van der Waals surface area contributed by atoms with Gasteiger partial charge in [0, 0.05) is 6.42 Å². The summed E-state index contributed by atoms with van der Waals surface area (Å²) in [6.07, 6.45) is 0.852. The number of esters is 1. The summed E-state index contributed by atoms with van der Waals surface area (Å²) in [7, 11) is -4.16. The Hall–Kier alpha value is -3.44. The van der Waals surface area contributed by atoms with Gasteiger partial charge in [0.05, 0.1) is 29.2 Å². The van der Waals surface area contributed by atoms with Crippen LogP contribution in [0.4, 0.5) is 5.69 Å². The van der Waals surface area contributed by atoms with E-state index in [1.165, 1.54) is 12.1 Å². The number of nitrogens with two attached hydrogens (primary N) is 2. The van der Waals surface area contributed by atoms with Crippen molar-refractivity contribution in [2.45, 2.75) is 25.7 Å². The van der Waals surface area contributed by atoms with Crippen molar-refractivity contribution in [1.82, 2.24) is 0 Å². The molecule has 0 spiro atoms. The van der Waals surface area contributed by atoms with Crippen LogP contribution in [0.2, 0.25) is 0 Å². The molecule has 0 aromatic heterocycles. The van der Waals surface area contributed by atoms with Crippen molar-refractivity contribution in [3.8, 4) is 11.5 Å². The predicted octanol–water partition coefficient (Wildman–Crippen LogP) is 1.99. The first kappa shape index (κ1) is 23.2. The fraction of sp³-hybridized carbons (Fsp3) is 0.286. The van der Waals surface area contributed by atoms with Crippen molar-refractivity contribution >= 4 is 33.5 Å². The molecule has 0 bridgehead atoms. The summed E-state index contributed by atoms with van der Waals surface area (Å²) in [6, 6.07) is 9.44. The molecule has 0 fully saturated rings. The number of guanidine groups is 1. The number of ether oxygens (including phenoxy) is 2. The molecule has 1 aliphatic heterocycles. The van der Waals surface area contributed by atoms with E-state index >= 15 is 0 Å². The first-order chi connectivity index (χ1) is 15.1. The highest BCUT2D eigenvalue weighted by Gasteiger charge is 2.23. The minimum atomic E-state index is -4.16. The molecule has 32 heavy (non-hydrogen) atoms. The zero-order valence-corrected chi connectivity index (χ0v) is 17.9. The van der Waals surface area contributed by atoms with Crippen LogP contribution < -0.4 is 20.9 Å². The third kappa shape index (κ3) is 6.05. The maximum atomic E-state index is 12.8. The van der Waals surface area contributed by atoms with Crippen LogP contribution >= 0.6 is 0 Å². The molecule has 5 N–H and O–H groups in total. The Morgan fingerprint density at radius 3 is 2.69 bits per heavy atom. The standard InChI is InChI=1S/C21H23N3O7S/c22-21(23)24-14-8-9-15-13(12-14)4-2-10-30-19-16(5-1-7-18(19)31-20(15)26)17(25)6-3-11-32(27,28)29/h1,5,7-9,12H,2-4,6,10-11H2,(H4,22,23,24)(H,27,28,29). The fourth-order valence-electron chi connectivity index (χ4n) is 3.31. The van der Waals surface area contributed by atoms with E-state index in [2.05, 4.69) is 4.99 Å². The first-order valence-corrected chi connectivity index (χ1v) is 11.4. The van der Waals surface area contributed by atoms with E-state index in [1.54, 1.807) is 24.3 Å². The van der Waals surface area contributed by atoms with Gasteiger partial charge in [-0.2, -0.15) is 8.42 Å². The molecule has 2 aromatic rings. The third-order valence-electron chi connectivity index (χ3n) is 4.69. The lowest BCUT2D eigenvalue weighted by Crippen LogP contribution is -2.22. The number of fused-ring (bicyclic) bond motifs is 2. The number of Topliss-reactive ketones (excluding diaryl/α,β-unsaturated/α-hetero) is 1. The minimum absolute atomic E-state index is 0.0490. The largest absolute Gasteiger partial charge is 0.489 e. The second kappa shape index (κ2) is 9.79. The lowest BCUT2D eigenvalue weighted by atomic mass is 10.0. The molecule has 0 atom stereocenters. The van der Waals surface area contributed by atoms with Crippen LogP contribution in [0.5, 0.6) is 11.5 Å². The first-order valence-electron chi connectivity index (χ1n) is 9.83. The Morgan fingerprint density at radius 2 is 1.97 bits per heavy atom. The molecule has 3 rings (SSSR count). The highest BCUT2D eigenvalue weighted by molar-refractivity contribution is 7.85. The average Bonchev–Trinajstić information content (AvgIpc) is 2.70. The van der Waals surface area contributed by atoms with E-state index < -0.39 is 21.8 Å². The van der Waals surface area contributed by atoms with E-state index in [9.17, 15) is 18.0 Å². The topological polar surface area (TPSA) is 171 Å². The summed E-state index contributed by atoms with van der Waals surface area (Å²) in [5.74, 6) is -1.43. The highest BCUT2D eigenvalue weighted by atomic mass is 32.2. The average molecular weight is 461 g/mol. The van der Waals surface area contributed by atoms with Crippen molar-refractivity contribution in [1.29, 1.82) is 0 Å². The third-order valence-corrected chi connectivity index (χ3v) is 5.50. The van der Waals surface area contributed by atoms with E-state index in [-0.39, 0.29) is 48.3 Å². The number of para-hydroxylation sites is 1. The highest BCUT2D eigenvalue weighted by Crippen LogP contribution is 2.34. The number of hydrogen-bond acceptors (Lipinski definition) is 7. The van der Waals surface area contributed by atoms with Crippen LogP contribution in [0.25, 0.3) is 0 Å². The van der Waals surface area contributed by atoms with Crippen LogP contribution in [0.3, 0.4) is 0 Å². The maximum absolute atomic E-state index is 12.8. The summed E-state index contributed by atoms with van der Waals surface area (Å²) in [4.78, 5) is 29.5. The molecular formula is C21H23N3O7S. The Kier molecular flexibility index (Phi) is 7.11. The normalized spacial score (nSPS) is 13.7. The predicted molar refractivity (Wildman–Crippen MR) is 117 cm³/mol. The number of aryl methyl sites for hydroxylation is 1. The smallest absolute Gasteiger partial charge is 0.343 e. The number of benzene rings is 2. The van der Waals surface area contributed by atoms with Crippen LogP contribution in [0.15, 0.2) is 41.4 Å². The summed E-state index contributed by atoms with van der Waals surface area (Å²) >= 11 is 0. The van der Waals surface area contributed by atoms with Gasteiger partial charge < -0.3 is 20.9 Å². The van der Waals surface area contributed by atoms with E-state index in [4.69, 9.17) is 25.5 Å². The SMILES string of the molecule is NC(N)=Nc1ccc2c(c1)CCCOc1c(cccc1C(=O)CCCS(=O)(=O)O)OC2=O. The van der Waals surface area contributed by atoms with Crippen LogP contribution in [0.1, 0.15) is 45.5 Å². The van der Waals surface area contributed by atoms with Gasteiger partial charge in [-0.3, -0.25) is 9.35 Å². The quantitative estimate of drug-likeness (QED) is 0.145. The number of carbonyl (C=O) groups is 2. The molecule has 0 saturated heterocycles. The van der Waals surface area contributed by atoms with Crippen molar-refractivity contribution in [3.05, 3.63) is 53.1 Å². The lowest BCUT2D eigenvalue weighted by molar-refractivity contribution is 0.0722. The van der Waals surface area contributed by atoms with Gasteiger partial charge in [-0.25, -0.2) is 9.79 Å². The van der Waals surface area contributed by atoms with Gasteiger partial charge in [-0.05, 0) is 55.2 Å². The molecule has 1 heterocycles. The maximum Gasteiger partial charge on any atom is 0.343 e. The number of carbonyl (C=O) groups excluding carboxylic acids is 2. The molecular weight excluding hydrogens is 438 g/mol. The number of nitrogens with zero attached hydrogens (tertiary/aromatic N) is 1. The van der Waals surface area contributed by atoms with E-state index in [0.717, 1.165) is 0 Å². The van der Waals surface area contributed by atoms with Gasteiger partial charge in [-0.1, -0.05) is 6.07 Å². The van der Waals surface area contributed by atoms with Gasteiger partial charge in [0.25, 0.3) is 10.1 Å². The number of hydrogen-bond donors (Lipinski definition) is 3. The second-order valence-corrected chi connectivity index (χ2v) is 8.74. The van der Waals surface area contributed by atoms with Crippen molar-refractivity contribution < 1.29 is 32.0 Å². The molecule has 0 aliphatic carbocycles. The molecule has 10 nitrogen and oxygen atoms in total. The molecule has 2 aromatic carbocycles. The summed E-state index contributed by atoms with van der Waals surface area (Å²) < 4.78 is 41.9. The molecule has 0 unspecified atom stereocenters. The monoisotopic (exact) mass is 461 g/mol. The van der Waals surface area contributed by atoms with Gasteiger partial charge >= 0.3 is 5.97 Å². The van der Waals surface area contributed by atoms with Gasteiger partial charge in [0.15, 0.2) is 23.2 Å². The van der Waals surface area contributed by atoms with E-state index in [1.807, 2.05) is 0 Å².